The molecule has 0 amide bonds. The van der Waals surface area contributed by atoms with Crippen LogP contribution >= 0.6 is 0 Å². The third kappa shape index (κ3) is 7.05. The normalized spacial score (nSPS) is 13.9. The van der Waals surface area contributed by atoms with E-state index in [1.807, 2.05) is 0 Å². The molecule has 0 fully saturated rings. The minimum atomic E-state index is 0.488. The summed E-state index contributed by atoms with van der Waals surface area (Å²) >= 11 is 0. The van der Waals surface area contributed by atoms with Gasteiger partial charge >= 0.3 is 0 Å². The van der Waals surface area contributed by atoms with E-state index in [1.165, 1.54) is 32.1 Å². The van der Waals surface area contributed by atoms with E-state index in [4.69, 9.17) is 4.74 Å². The van der Waals surface area contributed by atoms with Crippen LogP contribution in [0, 0.1) is 11.3 Å². The monoisotopic (exact) mass is 243 g/mol. The zero-order chi connectivity index (χ0) is 13.1. The molecule has 0 heterocycles. The van der Waals surface area contributed by atoms with Gasteiger partial charge in [-0.25, -0.2) is 0 Å². The largest absolute Gasteiger partial charge is 0.383 e. The number of nitrogens with one attached hydrogen (secondary N) is 1. The Labute approximate surface area is 109 Å². The SMILES string of the molecule is CCCC(C)CC(CC)(CC)CNCCOC. The second-order valence-corrected chi connectivity index (χ2v) is 5.47. The number of hydrogen-bond donors (Lipinski definition) is 1. The summed E-state index contributed by atoms with van der Waals surface area (Å²) in [7, 11) is 1.76. The molecule has 0 aromatic carbocycles. The molecule has 0 rings (SSSR count). The van der Waals surface area contributed by atoms with Crippen molar-refractivity contribution < 1.29 is 4.74 Å². The van der Waals surface area contributed by atoms with Crippen molar-refractivity contribution in [2.45, 2.75) is 59.8 Å². The molecule has 0 saturated heterocycles. The predicted octanol–water partition coefficient (Wildman–Crippen LogP) is 3.86. The van der Waals surface area contributed by atoms with Crippen LogP contribution in [-0.4, -0.2) is 26.8 Å². The number of methoxy groups -OCH3 is 1. The number of rotatable bonds is 11. The minimum Gasteiger partial charge on any atom is -0.383 e. The molecule has 0 aromatic rings. The second-order valence-electron chi connectivity index (χ2n) is 5.47. The summed E-state index contributed by atoms with van der Waals surface area (Å²) in [5.41, 5.74) is 0.488. The van der Waals surface area contributed by atoms with Crippen molar-refractivity contribution in [1.82, 2.24) is 5.32 Å². The molecular weight excluding hydrogens is 210 g/mol. The van der Waals surface area contributed by atoms with Crippen LogP contribution in [0.15, 0.2) is 0 Å². The molecule has 0 aromatic heterocycles. The summed E-state index contributed by atoms with van der Waals surface area (Å²) in [6.07, 6.45) is 6.57. The fourth-order valence-corrected chi connectivity index (χ4v) is 2.72. The third-order valence-electron chi connectivity index (χ3n) is 4.05. The summed E-state index contributed by atoms with van der Waals surface area (Å²) in [5.74, 6) is 0.851. The lowest BCUT2D eigenvalue weighted by atomic mass is 9.74. The van der Waals surface area contributed by atoms with Crippen LogP contribution in [0.2, 0.25) is 0 Å². The average Bonchev–Trinajstić information content (AvgIpc) is 2.33. The van der Waals surface area contributed by atoms with Gasteiger partial charge < -0.3 is 10.1 Å². The highest BCUT2D eigenvalue weighted by atomic mass is 16.5. The first-order valence-electron chi connectivity index (χ1n) is 7.33. The summed E-state index contributed by atoms with van der Waals surface area (Å²) in [4.78, 5) is 0. The topological polar surface area (TPSA) is 21.3 Å². The Hall–Kier alpha value is -0.0800. The van der Waals surface area contributed by atoms with Crippen molar-refractivity contribution in [2.75, 3.05) is 26.8 Å². The highest BCUT2D eigenvalue weighted by Gasteiger charge is 2.27. The Kier molecular flexibility index (Phi) is 9.85. The van der Waals surface area contributed by atoms with Crippen LogP contribution < -0.4 is 5.32 Å². The molecular formula is C15H33NO. The van der Waals surface area contributed by atoms with Crippen molar-refractivity contribution in [3.8, 4) is 0 Å². The fourth-order valence-electron chi connectivity index (χ4n) is 2.72. The molecule has 0 aliphatic rings. The van der Waals surface area contributed by atoms with Gasteiger partial charge in [-0.3, -0.25) is 0 Å². The molecule has 17 heavy (non-hydrogen) atoms. The molecule has 2 nitrogen and oxygen atoms in total. The molecule has 0 radical (unpaired) electrons. The summed E-state index contributed by atoms with van der Waals surface area (Å²) in [6.45, 7) is 12.3. The minimum absolute atomic E-state index is 0.488. The molecule has 2 heteroatoms. The molecule has 104 valence electrons. The van der Waals surface area contributed by atoms with E-state index in [2.05, 4.69) is 33.0 Å². The maximum absolute atomic E-state index is 5.08. The molecule has 1 atom stereocenters. The van der Waals surface area contributed by atoms with Gasteiger partial charge in [0.15, 0.2) is 0 Å². The van der Waals surface area contributed by atoms with Crippen LogP contribution in [0.5, 0.6) is 0 Å². The Morgan fingerprint density at radius 3 is 2.29 bits per heavy atom. The number of hydrogen-bond acceptors (Lipinski definition) is 2. The van der Waals surface area contributed by atoms with Gasteiger partial charge in [-0.05, 0) is 30.6 Å². The second kappa shape index (κ2) is 9.90. The summed E-state index contributed by atoms with van der Waals surface area (Å²) < 4.78 is 5.08. The van der Waals surface area contributed by atoms with Crippen molar-refractivity contribution >= 4 is 0 Å². The Bertz CT molecular complexity index is 166. The fraction of sp³-hybridized carbons (Fsp3) is 1.00. The molecule has 0 spiro atoms. The van der Waals surface area contributed by atoms with Crippen molar-refractivity contribution in [2.24, 2.45) is 11.3 Å². The van der Waals surface area contributed by atoms with Crippen LogP contribution in [0.1, 0.15) is 59.8 Å². The van der Waals surface area contributed by atoms with Gasteiger partial charge in [-0.15, -0.1) is 0 Å². The smallest absolute Gasteiger partial charge is 0.0587 e. The van der Waals surface area contributed by atoms with Crippen LogP contribution in [0.3, 0.4) is 0 Å². The van der Waals surface area contributed by atoms with Gasteiger partial charge in [0.05, 0.1) is 6.61 Å². The van der Waals surface area contributed by atoms with E-state index in [0.29, 0.717) is 5.41 Å². The maximum atomic E-state index is 5.08. The van der Waals surface area contributed by atoms with Gasteiger partial charge in [0.2, 0.25) is 0 Å². The molecule has 0 saturated carbocycles. The molecule has 0 bridgehead atoms. The third-order valence-corrected chi connectivity index (χ3v) is 4.05. The highest BCUT2D eigenvalue weighted by molar-refractivity contribution is 4.81. The van der Waals surface area contributed by atoms with Gasteiger partial charge in [0, 0.05) is 20.2 Å². The van der Waals surface area contributed by atoms with E-state index in [9.17, 15) is 0 Å². The van der Waals surface area contributed by atoms with E-state index in [0.717, 1.165) is 25.6 Å². The maximum Gasteiger partial charge on any atom is 0.0587 e. The Morgan fingerprint density at radius 1 is 1.18 bits per heavy atom. The lowest BCUT2D eigenvalue weighted by molar-refractivity contribution is 0.167. The lowest BCUT2D eigenvalue weighted by Crippen LogP contribution is -2.36. The van der Waals surface area contributed by atoms with Gasteiger partial charge in [0.25, 0.3) is 0 Å². The summed E-state index contributed by atoms with van der Waals surface area (Å²) in [5, 5.41) is 3.55. The first-order valence-corrected chi connectivity index (χ1v) is 7.33. The highest BCUT2D eigenvalue weighted by Crippen LogP contribution is 2.34. The zero-order valence-electron chi connectivity index (χ0n) is 12.6. The lowest BCUT2D eigenvalue weighted by Gasteiger charge is -2.34. The van der Waals surface area contributed by atoms with E-state index in [-0.39, 0.29) is 0 Å². The van der Waals surface area contributed by atoms with E-state index < -0.39 is 0 Å². The Balaban J connectivity index is 4.14. The van der Waals surface area contributed by atoms with E-state index in [1.54, 1.807) is 7.11 Å². The van der Waals surface area contributed by atoms with Crippen LogP contribution in [0.25, 0.3) is 0 Å². The first kappa shape index (κ1) is 16.9. The summed E-state index contributed by atoms with van der Waals surface area (Å²) in [6, 6.07) is 0. The quantitative estimate of drug-likeness (QED) is 0.556. The van der Waals surface area contributed by atoms with Crippen molar-refractivity contribution in [3.63, 3.8) is 0 Å². The molecule has 0 aliphatic carbocycles. The molecule has 1 N–H and O–H groups in total. The van der Waals surface area contributed by atoms with Gasteiger partial charge in [0.1, 0.15) is 0 Å². The van der Waals surface area contributed by atoms with Crippen molar-refractivity contribution in [3.05, 3.63) is 0 Å². The number of ether oxygens (including phenoxy) is 1. The zero-order valence-corrected chi connectivity index (χ0v) is 12.6. The standard InChI is InChI=1S/C15H33NO/c1-6-9-14(4)12-15(7-2,8-3)13-16-10-11-17-5/h14,16H,6-13H2,1-5H3. The Morgan fingerprint density at radius 2 is 1.82 bits per heavy atom. The van der Waals surface area contributed by atoms with Crippen LogP contribution in [-0.2, 0) is 4.74 Å². The van der Waals surface area contributed by atoms with E-state index >= 15 is 0 Å². The predicted molar refractivity (Wildman–Crippen MR) is 76.4 cm³/mol. The average molecular weight is 243 g/mol. The van der Waals surface area contributed by atoms with Gasteiger partial charge in [-0.2, -0.15) is 0 Å². The van der Waals surface area contributed by atoms with Gasteiger partial charge in [-0.1, -0.05) is 40.5 Å². The molecule has 0 aliphatic heterocycles. The van der Waals surface area contributed by atoms with Crippen LogP contribution in [0.4, 0.5) is 0 Å². The van der Waals surface area contributed by atoms with Crippen molar-refractivity contribution in [1.29, 1.82) is 0 Å². The molecule has 1 unspecified atom stereocenters. The first-order chi connectivity index (χ1) is 8.14.